The zero-order chi connectivity index (χ0) is 13.6. The molecule has 1 aromatic rings. The third kappa shape index (κ3) is 4.17. The van der Waals surface area contributed by atoms with Crippen LogP contribution in [0, 0.1) is 0 Å². The zero-order valence-electron chi connectivity index (χ0n) is 10.7. The molecule has 0 aliphatic rings. The molecule has 0 heterocycles. The summed E-state index contributed by atoms with van der Waals surface area (Å²) in [5.41, 5.74) is 0.885. The molecule has 6 nitrogen and oxygen atoms in total. The van der Waals surface area contributed by atoms with Crippen molar-refractivity contribution in [3.8, 4) is 11.5 Å². The molecule has 0 saturated heterocycles. The number of rotatable bonds is 7. The molecule has 102 valence electrons. The summed E-state index contributed by atoms with van der Waals surface area (Å²) in [6, 6.07) is 5.41. The first kappa shape index (κ1) is 14.7. The second kappa shape index (κ2) is 6.58. The second-order valence-electron chi connectivity index (χ2n) is 3.53. The van der Waals surface area contributed by atoms with Crippen molar-refractivity contribution in [2.45, 2.75) is 6.42 Å². The van der Waals surface area contributed by atoms with Crippen molar-refractivity contribution >= 4 is 10.2 Å². The minimum atomic E-state index is -3.40. The Morgan fingerprint density at radius 1 is 1.22 bits per heavy atom. The summed E-state index contributed by atoms with van der Waals surface area (Å²) in [5, 5.41) is 0. The van der Waals surface area contributed by atoms with Gasteiger partial charge in [-0.15, -0.1) is 0 Å². The van der Waals surface area contributed by atoms with E-state index in [1.54, 1.807) is 26.4 Å². The van der Waals surface area contributed by atoms with Crippen LogP contribution in [0.4, 0.5) is 0 Å². The highest BCUT2D eigenvalue weighted by molar-refractivity contribution is 7.87. The maximum atomic E-state index is 11.2. The molecule has 0 amide bonds. The lowest BCUT2D eigenvalue weighted by atomic mass is 10.1. The Hall–Kier alpha value is -1.31. The monoisotopic (exact) mass is 274 g/mol. The molecule has 0 aromatic heterocycles. The summed E-state index contributed by atoms with van der Waals surface area (Å²) in [7, 11) is 1.11. The molecule has 1 rings (SSSR count). The molecule has 0 radical (unpaired) electrons. The van der Waals surface area contributed by atoms with E-state index in [1.165, 1.54) is 7.05 Å². The van der Waals surface area contributed by atoms with Gasteiger partial charge in [-0.2, -0.15) is 8.42 Å². The maximum absolute atomic E-state index is 11.2. The molecule has 0 unspecified atom stereocenters. The maximum Gasteiger partial charge on any atom is 0.276 e. The molecule has 0 fully saturated rings. The third-order valence-corrected chi connectivity index (χ3v) is 3.56. The fourth-order valence-electron chi connectivity index (χ4n) is 1.47. The van der Waals surface area contributed by atoms with Crippen molar-refractivity contribution < 1.29 is 17.9 Å². The van der Waals surface area contributed by atoms with Crippen molar-refractivity contribution in [2.24, 2.45) is 0 Å². The average molecular weight is 274 g/mol. The van der Waals surface area contributed by atoms with Crippen LogP contribution in [0.1, 0.15) is 5.56 Å². The van der Waals surface area contributed by atoms with Crippen molar-refractivity contribution in [1.29, 1.82) is 0 Å². The topological polar surface area (TPSA) is 76.7 Å². The molecule has 0 spiro atoms. The lowest BCUT2D eigenvalue weighted by Crippen LogP contribution is -2.35. The van der Waals surface area contributed by atoms with Crippen molar-refractivity contribution in [3.05, 3.63) is 23.8 Å². The number of hydrogen-bond donors (Lipinski definition) is 2. The Morgan fingerprint density at radius 2 is 1.94 bits per heavy atom. The Morgan fingerprint density at radius 3 is 2.50 bits per heavy atom. The fraction of sp³-hybridized carbons (Fsp3) is 0.455. The molecule has 0 saturated carbocycles. The smallest absolute Gasteiger partial charge is 0.276 e. The predicted octanol–water partition coefficient (Wildman–Crippen LogP) is 0.300. The lowest BCUT2D eigenvalue weighted by molar-refractivity contribution is 0.398. The van der Waals surface area contributed by atoms with Crippen LogP contribution in [-0.4, -0.2) is 36.2 Å². The number of methoxy groups -OCH3 is 2. The van der Waals surface area contributed by atoms with Crippen LogP contribution in [0.5, 0.6) is 11.5 Å². The quantitative estimate of drug-likeness (QED) is 0.750. The van der Waals surface area contributed by atoms with Crippen LogP contribution < -0.4 is 18.9 Å². The summed E-state index contributed by atoms with van der Waals surface area (Å²) in [5.74, 6) is 1.42. The summed E-state index contributed by atoms with van der Waals surface area (Å²) in [6.07, 6.45) is 0.515. The van der Waals surface area contributed by atoms with Crippen LogP contribution in [0.3, 0.4) is 0 Å². The van der Waals surface area contributed by atoms with Crippen LogP contribution >= 0.6 is 0 Å². The Labute approximate surface area is 107 Å². The first-order valence-corrected chi connectivity index (χ1v) is 6.89. The van der Waals surface area contributed by atoms with E-state index < -0.39 is 10.2 Å². The van der Waals surface area contributed by atoms with Crippen LogP contribution in [0.2, 0.25) is 0 Å². The second-order valence-corrected chi connectivity index (χ2v) is 5.23. The van der Waals surface area contributed by atoms with Gasteiger partial charge in [0.05, 0.1) is 14.2 Å². The fourth-order valence-corrected chi connectivity index (χ4v) is 1.98. The molecule has 7 heteroatoms. The van der Waals surface area contributed by atoms with Crippen molar-refractivity contribution in [2.75, 3.05) is 27.8 Å². The average Bonchev–Trinajstić information content (AvgIpc) is 2.38. The van der Waals surface area contributed by atoms with Gasteiger partial charge in [-0.1, -0.05) is 0 Å². The van der Waals surface area contributed by atoms with Gasteiger partial charge in [0.1, 0.15) is 11.5 Å². The third-order valence-electron chi connectivity index (χ3n) is 2.44. The molecule has 0 aliphatic heterocycles. The van der Waals surface area contributed by atoms with E-state index in [4.69, 9.17) is 9.47 Å². The summed E-state index contributed by atoms with van der Waals surface area (Å²) in [6.45, 7) is 0.284. The number of ether oxygens (including phenoxy) is 2. The lowest BCUT2D eigenvalue weighted by Gasteiger charge is -2.11. The number of benzene rings is 1. The van der Waals surface area contributed by atoms with Crippen LogP contribution in [0.15, 0.2) is 18.2 Å². The highest BCUT2D eigenvalue weighted by atomic mass is 32.2. The molecular weight excluding hydrogens is 256 g/mol. The first-order valence-electron chi connectivity index (χ1n) is 5.41. The van der Waals surface area contributed by atoms with Crippen molar-refractivity contribution in [3.63, 3.8) is 0 Å². The molecule has 1 aromatic carbocycles. The van der Waals surface area contributed by atoms with E-state index in [2.05, 4.69) is 9.44 Å². The first-order chi connectivity index (χ1) is 8.52. The highest BCUT2D eigenvalue weighted by Crippen LogP contribution is 2.24. The van der Waals surface area contributed by atoms with Gasteiger partial charge in [-0.25, -0.2) is 9.44 Å². The Balaban J connectivity index is 2.71. The van der Waals surface area contributed by atoms with E-state index in [9.17, 15) is 8.42 Å². The zero-order valence-corrected chi connectivity index (χ0v) is 11.5. The van der Waals surface area contributed by atoms with E-state index in [0.29, 0.717) is 17.9 Å². The Kier molecular flexibility index (Phi) is 5.39. The molecule has 0 atom stereocenters. The van der Waals surface area contributed by atoms with E-state index in [0.717, 1.165) is 5.56 Å². The normalized spacial score (nSPS) is 11.3. The largest absolute Gasteiger partial charge is 0.497 e. The molecule has 18 heavy (non-hydrogen) atoms. The molecule has 0 bridgehead atoms. The summed E-state index contributed by atoms with van der Waals surface area (Å²) >= 11 is 0. The summed E-state index contributed by atoms with van der Waals surface area (Å²) in [4.78, 5) is 0. The van der Waals surface area contributed by atoms with Crippen LogP contribution in [0.25, 0.3) is 0 Å². The standard InChI is InChI=1S/C11H18N2O4S/c1-12-18(14,15)13-7-6-9-8-10(16-2)4-5-11(9)17-3/h4-5,8,12-13H,6-7H2,1-3H3. The van der Waals surface area contributed by atoms with E-state index >= 15 is 0 Å². The molecular formula is C11H18N2O4S. The Bertz CT molecular complexity index is 488. The van der Waals surface area contributed by atoms with Crippen LogP contribution in [-0.2, 0) is 16.6 Å². The number of nitrogens with one attached hydrogen (secondary N) is 2. The van der Waals surface area contributed by atoms with Gasteiger partial charge in [-0.3, -0.25) is 0 Å². The minimum Gasteiger partial charge on any atom is -0.497 e. The van der Waals surface area contributed by atoms with E-state index in [1.807, 2.05) is 6.07 Å². The summed E-state index contributed by atoms with van der Waals surface area (Å²) < 4.78 is 37.3. The van der Waals surface area contributed by atoms with Gasteiger partial charge < -0.3 is 9.47 Å². The minimum absolute atomic E-state index is 0.284. The van der Waals surface area contributed by atoms with Gasteiger partial charge in [0.25, 0.3) is 10.2 Å². The van der Waals surface area contributed by atoms with Crippen molar-refractivity contribution in [1.82, 2.24) is 9.44 Å². The van der Waals surface area contributed by atoms with E-state index in [-0.39, 0.29) is 6.54 Å². The SMILES string of the molecule is CNS(=O)(=O)NCCc1cc(OC)ccc1OC. The number of hydrogen-bond acceptors (Lipinski definition) is 4. The predicted molar refractivity (Wildman–Crippen MR) is 69.2 cm³/mol. The van der Waals surface area contributed by atoms with Gasteiger partial charge in [-0.05, 0) is 30.2 Å². The van der Waals surface area contributed by atoms with Gasteiger partial charge >= 0.3 is 0 Å². The molecule has 0 aliphatic carbocycles. The highest BCUT2D eigenvalue weighted by Gasteiger charge is 2.08. The van der Waals surface area contributed by atoms with Gasteiger partial charge in [0, 0.05) is 13.6 Å². The van der Waals surface area contributed by atoms with Gasteiger partial charge in [0.2, 0.25) is 0 Å². The van der Waals surface area contributed by atoms with Gasteiger partial charge in [0.15, 0.2) is 0 Å². The molecule has 2 N–H and O–H groups in total.